The van der Waals surface area contributed by atoms with Gasteiger partial charge in [0, 0.05) is 0 Å². The van der Waals surface area contributed by atoms with Crippen molar-refractivity contribution >= 4 is 7.14 Å². The molecule has 0 aromatic rings. The van der Waals surface area contributed by atoms with E-state index in [1.807, 2.05) is 0 Å². The minimum absolute atomic E-state index is 0.265. The predicted octanol–water partition coefficient (Wildman–Crippen LogP) is 2.15. The fraction of sp³-hybridized carbons (Fsp3) is 0.333. The lowest BCUT2D eigenvalue weighted by Crippen LogP contribution is -1.87. The normalized spacial score (nSPS) is 10.8. The number of hydrogen-bond donors (Lipinski definition) is 0. The van der Waals surface area contributed by atoms with Crippen LogP contribution in [0.15, 0.2) is 11.9 Å². The average Bonchev–Trinajstić information content (AvgIpc) is 1.88. The molecule has 0 fully saturated rings. The molecule has 0 aliphatic rings. The molecule has 0 rings (SSSR count). The highest BCUT2D eigenvalue weighted by Crippen LogP contribution is 2.45. The van der Waals surface area contributed by atoms with Crippen LogP contribution in [0.25, 0.3) is 0 Å². The number of allylic oxidation sites excluding steroid dienone is 1. The van der Waals surface area contributed by atoms with Crippen LogP contribution in [0.2, 0.25) is 0 Å². The smallest absolute Gasteiger partial charge is 0.131 e. The number of rotatable bonds is 3. The lowest BCUT2D eigenvalue weighted by Gasteiger charge is -2.04. The zero-order valence-electron chi connectivity index (χ0n) is 6.58. The molecule has 0 saturated heterocycles. The van der Waals surface area contributed by atoms with Crippen LogP contribution in [-0.2, 0) is 4.57 Å². The number of hydrogen-bond acceptors (Lipinski definition) is 1. The summed E-state index contributed by atoms with van der Waals surface area (Å²) in [5.74, 6) is 6.37. The highest BCUT2D eigenvalue weighted by molar-refractivity contribution is 7.67. The Bertz CT molecular complexity index is 242. The van der Waals surface area contributed by atoms with Crippen LogP contribution in [0.1, 0.15) is 6.92 Å². The molecule has 0 aliphatic carbocycles. The molecule has 0 atom stereocenters. The Morgan fingerprint density at radius 2 is 1.82 bits per heavy atom. The molecule has 0 heterocycles. The number of terminal acetylenes is 2. The van der Waals surface area contributed by atoms with Crippen molar-refractivity contribution in [3.05, 3.63) is 11.9 Å². The van der Waals surface area contributed by atoms with E-state index in [0.29, 0.717) is 0 Å². The van der Waals surface area contributed by atoms with Gasteiger partial charge >= 0.3 is 0 Å². The first-order chi connectivity index (χ1) is 5.18. The Hall–Kier alpha value is -0.910. The zero-order chi connectivity index (χ0) is 8.74. The lowest BCUT2D eigenvalue weighted by molar-refractivity contribution is 0.585. The third kappa shape index (κ3) is 3.72. The lowest BCUT2D eigenvalue weighted by atomic mass is 10.8. The first kappa shape index (κ1) is 10.1. The van der Waals surface area contributed by atoms with E-state index >= 15 is 0 Å². The van der Waals surface area contributed by atoms with Crippen LogP contribution in [0, 0.1) is 24.7 Å². The van der Waals surface area contributed by atoms with Gasteiger partial charge in [-0.25, -0.2) is 0 Å². The molecule has 0 aliphatic heterocycles. The highest BCUT2D eigenvalue weighted by atomic mass is 31.2. The Morgan fingerprint density at radius 1 is 1.36 bits per heavy atom. The summed E-state index contributed by atoms with van der Waals surface area (Å²) in [5.41, 5.74) is 0. The summed E-state index contributed by atoms with van der Waals surface area (Å²) in [6, 6.07) is 0. The van der Waals surface area contributed by atoms with Crippen LogP contribution in [0.3, 0.4) is 0 Å². The Balaban J connectivity index is 4.45. The molecule has 0 spiro atoms. The molecule has 0 aromatic carbocycles. The summed E-state index contributed by atoms with van der Waals surface area (Å²) >= 11 is 0. The monoisotopic (exact) mass is 166 g/mol. The molecule has 0 aromatic heterocycles. The van der Waals surface area contributed by atoms with Crippen LogP contribution in [0.5, 0.6) is 0 Å². The van der Waals surface area contributed by atoms with Crippen molar-refractivity contribution in [2.75, 3.05) is 12.3 Å². The van der Waals surface area contributed by atoms with E-state index in [4.69, 9.17) is 12.8 Å². The topological polar surface area (TPSA) is 17.1 Å². The third-order valence-corrected chi connectivity index (χ3v) is 3.42. The molecule has 0 bridgehead atoms. The van der Waals surface area contributed by atoms with Gasteiger partial charge in [0.25, 0.3) is 0 Å². The van der Waals surface area contributed by atoms with Crippen LogP contribution >= 0.6 is 7.14 Å². The molecular weight excluding hydrogens is 155 g/mol. The van der Waals surface area contributed by atoms with E-state index in [1.54, 1.807) is 18.8 Å². The Morgan fingerprint density at radius 3 is 2.09 bits per heavy atom. The zero-order valence-corrected chi connectivity index (χ0v) is 7.47. The van der Waals surface area contributed by atoms with E-state index < -0.39 is 7.14 Å². The van der Waals surface area contributed by atoms with Crippen molar-refractivity contribution in [2.24, 2.45) is 0 Å². The first-order valence-corrected chi connectivity index (χ1v) is 5.41. The summed E-state index contributed by atoms with van der Waals surface area (Å²) in [6.45, 7) is 1.81. The molecule has 0 radical (unpaired) electrons. The van der Waals surface area contributed by atoms with Crippen molar-refractivity contribution < 1.29 is 4.57 Å². The second-order valence-corrected chi connectivity index (χ2v) is 4.99. The van der Waals surface area contributed by atoms with Gasteiger partial charge in [-0.2, -0.15) is 0 Å². The minimum atomic E-state index is -2.37. The van der Waals surface area contributed by atoms with Crippen molar-refractivity contribution in [1.82, 2.24) is 0 Å². The first-order valence-electron chi connectivity index (χ1n) is 3.27. The maximum atomic E-state index is 11.6. The molecule has 58 valence electrons. The van der Waals surface area contributed by atoms with Gasteiger partial charge in [0.05, 0.1) is 12.3 Å². The van der Waals surface area contributed by atoms with Gasteiger partial charge in [-0.15, -0.1) is 12.8 Å². The third-order valence-electron chi connectivity index (χ3n) is 1.14. The largest absolute Gasteiger partial charge is 0.317 e. The second-order valence-electron chi connectivity index (χ2n) is 2.16. The SMILES string of the molecule is C#CCP(=O)(C=CC)CC#C. The standard InChI is InChI=1S/C9H11OP/c1-4-7-11(10,8-5-2)9-6-3/h1-2,6,9H,7-8H2,3H3. The predicted molar refractivity (Wildman–Crippen MR) is 49.8 cm³/mol. The summed E-state index contributed by atoms with van der Waals surface area (Å²) < 4.78 is 11.6. The van der Waals surface area contributed by atoms with E-state index in [1.165, 1.54) is 0 Å². The summed E-state index contributed by atoms with van der Waals surface area (Å²) in [6.07, 6.45) is 12.4. The quantitative estimate of drug-likeness (QED) is 0.463. The van der Waals surface area contributed by atoms with E-state index in [-0.39, 0.29) is 12.3 Å². The molecule has 0 saturated carbocycles. The Kier molecular flexibility index (Phi) is 4.44. The van der Waals surface area contributed by atoms with Gasteiger partial charge < -0.3 is 4.57 Å². The molecule has 0 unspecified atom stereocenters. The molecule has 11 heavy (non-hydrogen) atoms. The maximum absolute atomic E-state index is 11.6. The summed E-state index contributed by atoms with van der Waals surface area (Å²) in [5, 5.41) is 0. The van der Waals surface area contributed by atoms with Crippen molar-refractivity contribution in [3.63, 3.8) is 0 Å². The van der Waals surface area contributed by atoms with Gasteiger partial charge in [0.15, 0.2) is 0 Å². The van der Waals surface area contributed by atoms with Crippen LogP contribution in [-0.4, -0.2) is 12.3 Å². The summed E-state index contributed by atoms with van der Waals surface area (Å²) in [4.78, 5) is 0. The summed E-state index contributed by atoms with van der Waals surface area (Å²) in [7, 11) is -2.37. The molecule has 0 N–H and O–H groups in total. The van der Waals surface area contributed by atoms with Gasteiger partial charge in [-0.3, -0.25) is 0 Å². The molecular formula is C9H11OP. The van der Waals surface area contributed by atoms with Gasteiger partial charge in [0.2, 0.25) is 0 Å². The van der Waals surface area contributed by atoms with Crippen molar-refractivity contribution in [1.29, 1.82) is 0 Å². The highest BCUT2D eigenvalue weighted by Gasteiger charge is 2.14. The van der Waals surface area contributed by atoms with Crippen molar-refractivity contribution in [3.8, 4) is 24.7 Å². The Labute approximate surface area is 68.3 Å². The molecule has 2 heteroatoms. The van der Waals surface area contributed by atoms with Gasteiger partial charge in [-0.1, -0.05) is 17.9 Å². The fourth-order valence-electron chi connectivity index (χ4n) is 0.742. The van der Waals surface area contributed by atoms with E-state index in [2.05, 4.69) is 11.8 Å². The van der Waals surface area contributed by atoms with E-state index in [0.717, 1.165) is 0 Å². The van der Waals surface area contributed by atoms with Crippen LogP contribution in [0.4, 0.5) is 0 Å². The molecule has 1 nitrogen and oxygen atoms in total. The van der Waals surface area contributed by atoms with E-state index in [9.17, 15) is 4.57 Å². The van der Waals surface area contributed by atoms with Gasteiger partial charge in [0.1, 0.15) is 7.14 Å². The molecule has 0 amide bonds. The van der Waals surface area contributed by atoms with Crippen LogP contribution < -0.4 is 0 Å². The second kappa shape index (κ2) is 4.84. The minimum Gasteiger partial charge on any atom is -0.317 e. The fourth-order valence-corrected chi connectivity index (χ4v) is 2.23. The average molecular weight is 166 g/mol. The maximum Gasteiger partial charge on any atom is 0.131 e. The van der Waals surface area contributed by atoms with Crippen molar-refractivity contribution in [2.45, 2.75) is 6.92 Å². The van der Waals surface area contributed by atoms with Gasteiger partial charge in [-0.05, 0) is 12.7 Å².